The van der Waals surface area contributed by atoms with Crippen molar-refractivity contribution in [1.29, 1.82) is 0 Å². The zero-order valence-corrected chi connectivity index (χ0v) is 19.2. The molecule has 8 nitrogen and oxygen atoms in total. The van der Waals surface area contributed by atoms with Gasteiger partial charge in [0.2, 0.25) is 0 Å². The van der Waals surface area contributed by atoms with Crippen molar-refractivity contribution in [2.75, 3.05) is 49.5 Å². The molecule has 38 heavy (non-hydrogen) atoms. The average Bonchev–Trinajstić information content (AvgIpc) is 3.16. The van der Waals surface area contributed by atoms with Gasteiger partial charge in [0.05, 0.1) is 17.8 Å². The number of benzene rings is 2. The second kappa shape index (κ2) is 9.62. The number of hydrogen-bond acceptors (Lipinski definition) is 5. The highest BCUT2D eigenvalue weighted by atomic mass is 19.4. The third-order valence-corrected chi connectivity index (χ3v) is 5.94. The van der Waals surface area contributed by atoms with E-state index in [2.05, 4.69) is 5.32 Å². The van der Waals surface area contributed by atoms with Crippen LogP contribution >= 0.6 is 0 Å². The number of hydrogen-bond donors (Lipinski definition) is 2. The molecule has 4 rings (SSSR count). The number of carbonyl (C=O) groups excluding carboxylic acids is 2. The summed E-state index contributed by atoms with van der Waals surface area (Å²) >= 11 is 0. The Kier molecular flexibility index (Phi) is 5.95. The smallest absolute Gasteiger partial charge is 0.407 e. The minimum Gasteiger partial charge on any atom is -0.407 e. The number of β-amino-alcohol motifs (C(OH)–C–C–N with tert-alkyl or cyclic N) is 1. The molecule has 3 amide bonds. The SMILES string of the molecule is [2H]C([2H])([2H])N(C(=O)Oc1c(N2CCN(CC3(O)CNC3)C2=O)cc(C(F)(F)F)cc1C(F)(F)F)c1ccc(F)cc1. The van der Waals surface area contributed by atoms with E-state index in [1.165, 1.54) is 0 Å². The van der Waals surface area contributed by atoms with Gasteiger partial charge in [0.1, 0.15) is 17.0 Å². The molecule has 2 aliphatic rings. The molecule has 0 aliphatic carbocycles. The van der Waals surface area contributed by atoms with Gasteiger partial charge in [-0.05, 0) is 36.4 Å². The van der Waals surface area contributed by atoms with Gasteiger partial charge in [0.15, 0.2) is 5.75 Å². The molecule has 0 bridgehead atoms. The highest BCUT2D eigenvalue weighted by Gasteiger charge is 2.45. The van der Waals surface area contributed by atoms with E-state index in [0.29, 0.717) is 4.90 Å². The van der Waals surface area contributed by atoms with Gasteiger partial charge < -0.3 is 20.1 Å². The number of halogens is 7. The van der Waals surface area contributed by atoms with Crippen molar-refractivity contribution in [3.8, 4) is 5.75 Å². The number of ether oxygens (including phenoxy) is 1. The number of anilines is 2. The normalized spacial score (nSPS) is 18.9. The van der Waals surface area contributed by atoms with E-state index in [1.807, 2.05) is 0 Å². The van der Waals surface area contributed by atoms with Crippen LogP contribution in [0, 0.1) is 5.82 Å². The Hall–Kier alpha value is -3.59. The van der Waals surface area contributed by atoms with Gasteiger partial charge in [0, 0.05) is 43.0 Å². The van der Waals surface area contributed by atoms with Gasteiger partial charge in [-0.15, -0.1) is 0 Å². The molecule has 206 valence electrons. The maximum atomic E-state index is 14.1. The van der Waals surface area contributed by atoms with Crippen LogP contribution in [0.2, 0.25) is 0 Å². The van der Waals surface area contributed by atoms with Gasteiger partial charge >= 0.3 is 24.5 Å². The zero-order valence-electron chi connectivity index (χ0n) is 22.2. The summed E-state index contributed by atoms with van der Waals surface area (Å²) in [6.07, 6.45) is -12.9. The van der Waals surface area contributed by atoms with E-state index in [4.69, 9.17) is 8.85 Å². The molecule has 2 saturated heterocycles. The zero-order chi connectivity index (χ0) is 30.5. The van der Waals surface area contributed by atoms with Crippen molar-refractivity contribution in [2.45, 2.75) is 18.0 Å². The molecule has 0 atom stereocenters. The molecule has 2 aliphatic heterocycles. The average molecular weight is 553 g/mol. The number of nitrogens with one attached hydrogen (secondary N) is 1. The lowest BCUT2D eigenvalue weighted by molar-refractivity contribution is -0.143. The minimum atomic E-state index is -5.57. The maximum Gasteiger partial charge on any atom is 0.420 e. The number of rotatable bonds is 5. The second-order valence-electron chi connectivity index (χ2n) is 8.73. The standard InChI is InChI=1S/C23H21F7N4O4/c1-32(15-4-2-14(24)3-5-15)20(36)38-18-16(23(28,29)30)8-13(22(25,26)27)9-17(18)34-7-6-33(19(34)35)12-21(37)10-31-11-21/h2-5,8-9,31,37H,6-7,10-12H2,1H3/i1D3. The monoisotopic (exact) mass is 553 g/mol. The number of amides is 3. The molecule has 0 aromatic heterocycles. The van der Waals surface area contributed by atoms with Crippen LogP contribution in [0.3, 0.4) is 0 Å². The van der Waals surface area contributed by atoms with E-state index in [9.17, 15) is 45.4 Å². The highest BCUT2D eigenvalue weighted by Crippen LogP contribution is 2.47. The third kappa shape index (κ3) is 5.48. The molecular formula is C23H21F7N4O4. The summed E-state index contributed by atoms with van der Waals surface area (Å²) in [5.74, 6) is -2.39. The lowest BCUT2D eigenvalue weighted by Gasteiger charge is -2.40. The van der Waals surface area contributed by atoms with Gasteiger partial charge in [-0.2, -0.15) is 26.3 Å². The molecule has 2 heterocycles. The summed E-state index contributed by atoms with van der Waals surface area (Å²) < 4.78 is 124. The van der Waals surface area contributed by atoms with Gasteiger partial charge in [-0.25, -0.2) is 14.0 Å². The van der Waals surface area contributed by atoms with Crippen molar-refractivity contribution >= 4 is 23.5 Å². The molecular weight excluding hydrogens is 529 g/mol. The first-order chi connectivity index (χ1) is 18.8. The lowest BCUT2D eigenvalue weighted by atomic mass is 9.97. The van der Waals surface area contributed by atoms with Crippen molar-refractivity contribution < 1.29 is 54.3 Å². The van der Waals surface area contributed by atoms with E-state index in [-0.39, 0.29) is 43.2 Å². The number of urea groups is 1. The summed E-state index contributed by atoms with van der Waals surface area (Å²) in [4.78, 5) is 27.6. The van der Waals surface area contributed by atoms with Crippen LogP contribution in [0.1, 0.15) is 15.2 Å². The Labute approximate surface area is 215 Å². The quantitative estimate of drug-likeness (QED) is 0.546. The first-order valence-corrected chi connectivity index (χ1v) is 10.9. The third-order valence-electron chi connectivity index (χ3n) is 5.94. The Bertz CT molecular complexity index is 1330. The van der Waals surface area contributed by atoms with Crippen LogP contribution in [0.4, 0.5) is 51.7 Å². The second-order valence-corrected chi connectivity index (χ2v) is 8.73. The molecule has 15 heteroatoms. The molecule has 0 spiro atoms. The van der Waals surface area contributed by atoms with Crippen LogP contribution in [-0.4, -0.2) is 67.4 Å². The topological polar surface area (TPSA) is 85.3 Å². The highest BCUT2D eigenvalue weighted by molar-refractivity contribution is 5.97. The van der Waals surface area contributed by atoms with Gasteiger partial charge in [0.25, 0.3) is 0 Å². The van der Waals surface area contributed by atoms with E-state index in [0.717, 1.165) is 29.2 Å². The summed E-state index contributed by atoms with van der Waals surface area (Å²) in [7, 11) is 0. The van der Waals surface area contributed by atoms with Gasteiger partial charge in [-0.1, -0.05) is 0 Å². The Morgan fingerprint density at radius 3 is 2.32 bits per heavy atom. The number of aliphatic hydroxyl groups is 1. The maximum absolute atomic E-state index is 14.1. The van der Waals surface area contributed by atoms with Crippen LogP contribution in [0.25, 0.3) is 0 Å². The Morgan fingerprint density at radius 2 is 1.79 bits per heavy atom. The summed E-state index contributed by atoms with van der Waals surface area (Å²) in [6, 6.07) is 1.93. The van der Waals surface area contributed by atoms with E-state index >= 15 is 0 Å². The Morgan fingerprint density at radius 1 is 1.13 bits per heavy atom. The van der Waals surface area contributed by atoms with Gasteiger partial charge in [-0.3, -0.25) is 9.80 Å². The molecule has 0 radical (unpaired) electrons. The summed E-state index contributed by atoms with van der Waals surface area (Å²) in [6.45, 7) is -4.15. The molecule has 2 aromatic rings. The van der Waals surface area contributed by atoms with Crippen molar-refractivity contribution in [2.24, 2.45) is 0 Å². The van der Waals surface area contributed by atoms with E-state index in [1.54, 1.807) is 0 Å². The molecule has 2 aromatic carbocycles. The van der Waals surface area contributed by atoms with Crippen molar-refractivity contribution in [3.05, 3.63) is 53.3 Å². The Balaban J connectivity index is 1.82. The molecule has 0 saturated carbocycles. The van der Waals surface area contributed by atoms with Crippen LogP contribution in [0.5, 0.6) is 5.75 Å². The summed E-state index contributed by atoms with van der Waals surface area (Å²) in [5, 5.41) is 13.1. The fourth-order valence-electron chi connectivity index (χ4n) is 3.96. The lowest BCUT2D eigenvalue weighted by Crippen LogP contribution is -2.64. The van der Waals surface area contributed by atoms with Crippen LogP contribution in [-0.2, 0) is 12.4 Å². The number of alkyl halides is 6. The predicted octanol–water partition coefficient (Wildman–Crippen LogP) is 4.07. The van der Waals surface area contributed by atoms with Crippen LogP contribution < -0.4 is 19.9 Å². The van der Waals surface area contributed by atoms with Crippen LogP contribution in [0.15, 0.2) is 36.4 Å². The van der Waals surface area contributed by atoms with E-state index < -0.39 is 77.7 Å². The first-order valence-electron chi connectivity index (χ1n) is 12.4. The first kappa shape index (κ1) is 23.5. The largest absolute Gasteiger partial charge is 0.420 e. The predicted molar refractivity (Wildman–Crippen MR) is 119 cm³/mol. The molecule has 0 unspecified atom stereocenters. The minimum absolute atomic E-state index is 0.0920. The molecule has 2 N–H and O–H groups in total. The summed E-state index contributed by atoms with van der Waals surface area (Å²) in [5.41, 5.74) is -6.91. The van der Waals surface area contributed by atoms with Crippen molar-refractivity contribution in [1.82, 2.24) is 10.2 Å². The van der Waals surface area contributed by atoms with Crippen molar-refractivity contribution in [3.63, 3.8) is 0 Å². The fourth-order valence-corrected chi connectivity index (χ4v) is 3.96. The number of carbonyl (C=O) groups is 2. The fraction of sp³-hybridized carbons (Fsp3) is 0.391. The number of nitrogens with zero attached hydrogens (tertiary/aromatic N) is 3. The molecule has 2 fully saturated rings.